The number of rotatable bonds is 5. The Bertz CT molecular complexity index is 496. The molecule has 0 unspecified atom stereocenters. The quantitative estimate of drug-likeness (QED) is 0.805. The Morgan fingerprint density at radius 1 is 1.45 bits per heavy atom. The van der Waals surface area contributed by atoms with Crippen LogP contribution in [0.4, 0.5) is 0 Å². The molecule has 1 N–H and O–H groups in total. The van der Waals surface area contributed by atoms with Crippen LogP contribution in [0.2, 0.25) is 5.02 Å². The summed E-state index contributed by atoms with van der Waals surface area (Å²) < 4.78 is 6.43. The van der Waals surface area contributed by atoms with Gasteiger partial charge in [0.05, 0.1) is 17.5 Å². The van der Waals surface area contributed by atoms with E-state index in [1.54, 1.807) is 18.2 Å². The van der Waals surface area contributed by atoms with Crippen molar-refractivity contribution in [2.24, 2.45) is 0 Å². The number of carbonyl (C=O) groups is 1. The van der Waals surface area contributed by atoms with E-state index in [0.29, 0.717) is 29.8 Å². The number of hydrogen-bond donors (Lipinski definition) is 1. The fraction of sp³-hybridized carbons (Fsp3) is 0.533. The van der Waals surface area contributed by atoms with Crippen molar-refractivity contribution in [2.75, 3.05) is 26.7 Å². The standard InChI is InChI=1S/C15H20BrClN2O2.ClH/c1-19(12-4-7-18-8-5-12)15(20)6-9-21-14-3-2-11(17)10-13(14)16;/h2-3,10,12,18H,4-9H2,1H3;1H. The van der Waals surface area contributed by atoms with E-state index >= 15 is 0 Å². The molecule has 0 atom stereocenters. The van der Waals surface area contributed by atoms with Crippen molar-refractivity contribution >= 4 is 45.8 Å². The molecule has 124 valence electrons. The third-order valence-corrected chi connectivity index (χ3v) is 4.57. The zero-order chi connectivity index (χ0) is 15.2. The molecular weight excluding hydrogens is 391 g/mol. The van der Waals surface area contributed by atoms with Crippen LogP contribution in [-0.4, -0.2) is 43.6 Å². The fourth-order valence-electron chi connectivity index (χ4n) is 2.41. The average Bonchev–Trinajstić information content (AvgIpc) is 2.49. The van der Waals surface area contributed by atoms with E-state index < -0.39 is 0 Å². The lowest BCUT2D eigenvalue weighted by Gasteiger charge is -2.31. The summed E-state index contributed by atoms with van der Waals surface area (Å²) in [5.41, 5.74) is 0. The van der Waals surface area contributed by atoms with Gasteiger partial charge in [0, 0.05) is 18.1 Å². The van der Waals surface area contributed by atoms with Crippen molar-refractivity contribution < 1.29 is 9.53 Å². The van der Waals surface area contributed by atoms with Gasteiger partial charge in [-0.1, -0.05) is 11.6 Å². The van der Waals surface area contributed by atoms with Gasteiger partial charge in [0.15, 0.2) is 0 Å². The fourth-order valence-corrected chi connectivity index (χ4v) is 3.21. The highest BCUT2D eigenvalue weighted by Crippen LogP contribution is 2.28. The van der Waals surface area contributed by atoms with Crippen LogP contribution in [0.25, 0.3) is 0 Å². The SMILES string of the molecule is CN(C(=O)CCOc1ccc(Cl)cc1Br)C1CCNCC1.Cl. The number of nitrogens with one attached hydrogen (secondary N) is 1. The maximum Gasteiger partial charge on any atom is 0.225 e. The number of ether oxygens (including phenoxy) is 1. The molecule has 7 heteroatoms. The summed E-state index contributed by atoms with van der Waals surface area (Å²) in [4.78, 5) is 14.0. The Balaban J connectivity index is 0.00000242. The molecule has 22 heavy (non-hydrogen) atoms. The Kier molecular flexibility index (Phi) is 8.54. The molecule has 1 aliphatic heterocycles. The van der Waals surface area contributed by atoms with Crippen molar-refractivity contribution in [3.05, 3.63) is 27.7 Å². The monoisotopic (exact) mass is 410 g/mol. The molecule has 0 aromatic heterocycles. The normalized spacial score (nSPS) is 15.0. The topological polar surface area (TPSA) is 41.6 Å². The molecule has 0 bridgehead atoms. The van der Waals surface area contributed by atoms with Gasteiger partial charge in [0.2, 0.25) is 5.91 Å². The summed E-state index contributed by atoms with van der Waals surface area (Å²) in [5, 5.41) is 3.95. The van der Waals surface area contributed by atoms with Crippen LogP contribution in [0.5, 0.6) is 5.75 Å². The van der Waals surface area contributed by atoms with E-state index in [0.717, 1.165) is 30.4 Å². The second-order valence-corrected chi connectivity index (χ2v) is 6.45. The largest absolute Gasteiger partial charge is 0.492 e. The molecule has 1 amide bonds. The van der Waals surface area contributed by atoms with Gasteiger partial charge in [-0.2, -0.15) is 0 Å². The van der Waals surface area contributed by atoms with Crippen LogP contribution in [-0.2, 0) is 4.79 Å². The Hall–Kier alpha value is -0.490. The number of hydrogen-bond acceptors (Lipinski definition) is 3. The van der Waals surface area contributed by atoms with Crippen LogP contribution < -0.4 is 10.1 Å². The van der Waals surface area contributed by atoms with Crippen LogP contribution in [0, 0.1) is 0 Å². The molecule has 0 spiro atoms. The Morgan fingerprint density at radius 3 is 2.77 bits per heavy atom. The van der Waals surface area contributed by atoms with E-state index in [4.69, 9.17) is 16.3 Å². The van der Waals surface area contributed by atoms with Crippen LogP contribution in [0.1, 0.15) is 19.3 Å². The second-order valence-electron chi connectivity index (χ2n) is 5.16. The van der Waals surface area contributed by atoms with Crippen molar-refractivity contribution in [1.29, 1.82) is 0 Å². The summed E-state index contributed by atoms with van der Waals surface area (Å²) in [6, 6.07) is 5.69. The minimum absolute atomic E-state index is 0. The Labute approximate surface area is 151 Å². The van der Waals surface area contributed by atoms with Gasteiger partial charge in [0.1, 0.15) is 5.75 Å². The molecule has 1 aromatic rings. The lowest BCUT2D eigenvalue weighted by Crippen LogP contribution is -2.44. The first-order valence-electron chi connectivity index (χ1n) is 7.12. The van der Waals surface area contributed by atoms with Crippen molar-refractivity contribution in [2.45, 2.75) is 25.3 Å². The first-order valence-corrected chi connectivity index (χ1v) is 8.29. The first kappa shape index (κ1) is 19.6. The van der Waals surface area contributed by atoms with Gasteiger partial charge >= 0.3 is 0 Å². The zero-order valence-electron chi connectivity index (χ0n) is 12.5. The highest BCUT2D eigenvalue weighted by atomic mass is 79.9. The van der Waals surface area contributed by atoms with Crippen LogP contribution in [0.15, 0.2) is 22.7 Å². The molecule has 1 aromatic carbocycles. The van der Waals surface area contributed by atoms with E-state index in [1.807, 2.05) is 11.9 Å². The average molecular weight is 412 g/mol. The summed E-state index contributed by atoms with van der Waals surface area (Å²) in [7, 11) is 1.89. The van der Waals surface area contributed by atoms with Gasteiger partial charge in [-0.15, -0.1) is 12.4 Å². The van der Waals surface area contributed by atoms with E-state index in [9.17, 15) is 4.79 Å². The first-order chi connectivity index (χ1) is 10.1. The highest BCUT2D eigenvalue weighted by molar-refractivity contribution is 9.10. The lowest BCUT2D eigenvalue weighted by molar-refractivity contribution is -0.132. The molecule has 0 radical (unpaired) electrons. The molecule has 4 nitrogen and oxygen atoms in total. The van der Waals surface area contributed by atoms with Crippen molar-refractivity contribution in [3.63, 3.8) is 0 Å². The maximum absolute atomic E-state index is 12.2. The highest BCUT2D eigenvalue weighted by Gasteiger charge is 2.21. The van der Waals surface area contributed by atoms with Gasteiger partial charge in [-0.3, -0.25) is 4.79 Å². The minimum Gasteiger partial charge on any atom is -0.492 e. The summed E-state index contributed by atoms with van der Waals surface area (Å²) in [6.45, 7) is 2.33. The number of piperidine rings is 1. The molecule has 2 rings (SSSR count). The van der Waals surface area contributed by atoms with Crippen molar-refractivity contribution in [1.82, 2.24) is 10.2 Å². The summed E-state index contributed by atoms with van der Waals surface area (Å²) >= 11 is 9.27. The minimum atomic E-state index is 0. The number of halogens is 3. The molecule has 0 saturated carbocycles. The molecular formula is C15H21BrCl2N2O2. The van der Waals surface area contributed by atoms with E-state index in [1.165, 1.54) is 0 Å². The summed E-state index contributed by atoms with van der Waals surface area (Å²) in [6.07, 6.45) is 2.42. The summed E-state index contributed by atoms with van der Waals surface area (Å²) in [5.74, 6) is 0.837. The van der Waals surface area contributed by atoms with Crippen LogP contribution in [0.3, 0.4) is 0 Å². The number of benzene rings is 1. The number of carbonyl (C=O) groups excluding carboxylic acids is 1. The lowest BCUT2D eigenvalue weighted by atomic mass is 10.1. The number of amides is 1. The maximum atomic E-state index is 12.2. The van der Waals surface area contributed by atoms with Crippen LogP contribution >= 0.6 is 39.9 Å². The second kappa shape index (κ2) is 9.60. The Morgan fingerprint density at radius 2 is 2.14 bits per heavy atom. The molecule has 1 fully saturated rings. The van der Waals surface area contributed by atoms with Gasteiger partial charge in [0.25, 0.3) is 0 Å². The predicted molar refractivity (Wildman–Crippen MR) is 95.2 cm³/mol. The van der Waals surface area contributed by atoms with Crippen molar-refractivity contribution in [3.8, 4) is 5.75 Å². The van der Waals surface area contributed by atoms with E-state index in [2.05, 4.69) is 21.2 Å². The third kappa shape index (κ3) is 5.61. The smallest absolute Gasteiger partial charge is 0.225 e. The zero-order valence-corrected chi connectivity index (χ0v) is 15.6. The molecule has 1 saturated heterocycles. The van der Waals surface area contributed by atoms with Gasteiger partial charge in [-0.05, 0) is 60.1 Å². The predicted octanol–water partition coefficient (Wildman–Crippen LogP) is 3.50. The molecule has 1 heterocycles. The third-order valence-electron chi connectivity index (χ3n) is 3.72. The number of nitrogens with zero attached hydrogens (tertiary/aromatic N) is 1. The molecule has 1 aliphatic rings. The van der Waals surface area contributed by atoms with Gasteiger partial charge in [-0.25, -0.2) is 0 Å². The van der Waals surface area contributed by atoms with Gasteiger partial charge < -0.3 is 15.0 Å². The molecule has 0 aliphatic carbocycles. The van der Waals surface area contributed by atoms with E-state index in [-0.39, 0.29) is 18.3 Å².